The minimum absolute atomic E-state index is 0.00602. The molecular formula is C15H22N2O2. The third kappa shape index (κ3) is 3.07. The van der Waals surface area contributed by atoms with Gasteiger partial charge in [0.15, 0.2) is 0 Å². The quantitative estimate of drug-likeness (QED) is 0.875. The highest BCUT2D eigenvalue weighted by atomic mass is 16.3. The van der Waals surface area contributed by atoms with Crippen molar-refractivity contribution in [2.24, 2.45) is 0 Å². The molecule has 0 spiro atoms. The van der Waals surface area contributed by atoms with Crippen LogP contribution in [0.3, 0.4) is 0 Å². The number of aromatic hydroxyl groups is 1. The van der Waals surface area contributed by atoms with E-state index < -0.39 is 0 Å². The number of piperidine rings is 1. The zero-order valence-corrected chi connectivity index (χ0v) is 11.6. The molecule has 1 aliphatic heterocycles. The van der Waals surface area contributed by atoms with E-state index >= 15 is 0 Å². The van der Waals surface area contributed by atoms with E-state index in [1.54, 1.807) is 18.2 Å². The average Bonchev–Trinajstić information content (AvgIpc) is 2.44. The first kappa shape index (κ1) is 13.9. The van der Waals surface area contributed by atoms with Crippen LogP contribution >= 0.6 is 0 Å². The van der Waals surface area contributed by atoms with Gasteiger partial charge in [-0.25, -0.2) is 0 Å². The molecule has 0 bridgehead atoms. The summed E-state index contributed by atoms with van der Waals surface area (Å²) in [5, 5.41) is 13.1. The van der Waals surface area contributed by atoms with Crippen LogP contribution in [0, 0.1) is 6.92 Å². The van der Waals surface area contributed by atoms with Gasteiger partial charge in [-0.3, -0.25) is 4.79 Å². The van der Waals surface area contributed by atoms with Crippen LogP contribution in [0.4, 0.5) is 0 Å². The normalized spacial score (nSPS) is 19.2. The summed E-state index contributed by atoms with van der Waals surface area (Å²) in [6, 6.07) is 5.40. The van der Waals surface area contributed by atoms with Crippen molar-refractivity contribution in [1.82, 2.24) is 10.2 Å². The summed E-state index contributed by atoms with van der Waals surface area (Å²) < 4.78 is 0. The number of phenolic OH excluding ortho intramolecular Hbond substituents is 1. The lowest BCUT2D eigenvalue weighted by Gasteiger charge is -2.34. The Balaban J connectivity index is 2.17. The van der Waals surface area contributed by atoms with E-state index in [0.29, 0.717) is 12.1 Å². The third-order valence-electron chi connectivity index (χ3n) is 3.77. The smallest absolute Gasteiger partial charge is 0.254 e. The maximum absolute atomic E-state index is 12.5. The number of amides is 1. The number of nitrogens with zero attached hydrogens (tertiary/aromatic N) is 1. The Morgan fingerprint density at radius 1 is 1.53 bits per heavy atom. The third-order valence-corrected chi connectivity index (χ3v) is 3.77. The summed E-state index contributed by atoms with van der Waals surface area (Å²) in [6.07, 6.45) is 2.15. The Morgan fingerprint density at radius 3 is 2.89 bits per heavy atom. The van der Waals surface area contributed by atoms with Crippen LogP contribution in [0.15, 0.2) is 18.2 Å². The molecule has 1 saturated heterocycles. The number of benzene rings is 1. The molecule has 1 atom stereocenters. The minimum atomic E-state index is 0.00602. The zero-order chi connectivity index (χ0) is 13.8. The number of likely N-dealkylation sites (N-methyl/N-ethyl adjacent to an activating group) is 1. The van der Waals surface area contributed by atoms with Gasteiger partial charge in [-0.05, 0) is 50.9 Å². The lowest BCUT2D eigenvalue weighted by Crippen LogP contribution is -2.48. The highest BCUT2D eigenvalue weighted by Crippen LogP contribution is 2.20. The highest BCUT2D eigenvalue weighted by Gasteiger charge is 2.25. The molecule has 0 aromatic heterocycles. The van der Waals surface area contributed by atoms with Gasteiger partial charge < -0.3 is 15.3 Å². The molecule has 1 heterocycles. The summed E-state index contributed by atoms with van der Waals surface area (Å²) in [5.74, 6) is 0.190. The van der Waals surface area contributed by atoms with Gasteiger partial charge in [0.05, 0.1) is 0 Å². The average molecular weight is 262 g/mol. The molecule has 4 heteroatoms. The molecule has 104 valence electrons. The van der Waals surface area contributed by atoms with Gasteiger partial charge in [0, 0.05) is 24.7 Å². The fraction of sp³-hybridized carbons (Fsp3) is 0.533. The molecule has 0 saturated carbocycles. The Bertz CT molecular complexity index is 453. The number of aryl methyl sites for hydroxylation is 1. The molecule has 1 unspecified atom stereocenters. The van der Waals surface area contributed by atoms with Crippen LogP contribution in [0.25, 0.3) is 0 Å². The Labute approximate surface area is 114 Å². The first-order valence-corrected chi connectivity index (χ1v) is 6.94. The Morgan fingerprint density at radius 2 is 2.32 bits per heavy atom. The zero-order valence-electron chi connectivity index (χ0n) is 11.6. The number of hydrogen-bond acceptors (Lipinski definition) is 3. The van der Waals surface area contributed by atoms with Crippen molar-refractivity contribution in [3.05, 3.63) is 29.3 Å². The summed E-state index contributed by atoms with van der Waals surface area (Å²) in [6.45, 7) is 6.41. The van der Waals surface area contributed by atoms with E-state index in [2.05, 4.69) is 5.32 Å². The number of carbonyl (C=O) groups excluding carboxylic acids is 1. The van der Waals surface area contributed by atoms with Crippen molar-refractivity contribution in [3.63, 3.8) is 0 Å². The molecule has 1 amide bonds. The van der Waals surface area contributed by atoms with Crippen molar-refractivity contribution in [2.75, 3.05) is 19.6 Å². The van der Waals surface area contributed by atoms with Crippen LogP contribution in [-0.2, 0) is 0 Å². The predicted molar refractivity (Wildman–Crippen MR) is 75.4 cm³/mol. The summed E-state index contributed by atoms with van der Waals surface area (Å²) in [5.41, 5.74) is 1.36. The topological polar surface area (TPSA) is 52.6 Å². The van der Waals surface area contributed by atoms with Gasteiger partial charge in [-0.1, -0.05) is 6.07 Å². The molecule has 1 aromatic rings. The number of phenols is 1. The molecule has 0 aliphatic carbocycles. The van der Waals surface area contributed by atoms with Crippen LogP contribution in [-0.4, -0.2) is 41.6 Å². The molecule has 4 nitrogen and oxygen atoms in total. The van der Waals surface area contributed by atoms with Gasteiger partial charge in [-0.2, -0.15) is 0 Å². The largest absolute Gasteiger partial charge is 0.508 e. The van der Waals surface area contributed by atoms with Crippen molar-refractivity contribution in [3.8, 4) is 5.75 Å². The first-order chi connectivity index (χ1) is 9.13. The predicted octanol–water partition coefficient (Wildman–Crippen LogP) is 1.91. The highest BCUT2D eigenvalue weighted by molar-refractivity contribution is 5.95. The monoisotopic (exact) mass is 262 g/mol. The van der Waals surface area contributed by atoms with E-state index in [-0.39, 0.29) is 17.7 Å². The van der Waals surface area contributed by atoms with E-state index in [1.807, 2.05) is 18.7 Å². The Hall–Kier alpha value is -1.55. The molecule has 2 N–H and O–H groups in total. The molecule has 0 radical (unpaired) electrons. The second-order valence-corrected chi connectivity index (χ2v) is 5.09. The van der Waals surface area contributed by atoms with E-state index in [0.717, 1.165) is 31.5 Å². The van der Waals surface area contributed by atoms with E-state index in [4.69, 9.17) is 0 Å². The van der Waals surface area contributed by atoms with Gasteiger partial charge in [0.25, 0.3) is 5.91 Å². The van der Waals surface area contributed by atoms with Crippen molar-refractivity contribution in [2.45, 2.75) is 32.7 Å². The Kier molecular flexibility index (Phi) is 4.43. The lowest BCUT2D eigenvalue weighted by molar-refractivity contribution is 0.0661. The summed E-state index contributed by atoms with van der Waals surface area (Å²) >= 11 is 0. The van der Waals surface area contributed by atoms with Gasteiger partial charge in [-0.15, -0.1) is 0 Å². The SMILES string of the molecule is CCN(C(=O)c1ccc(C)c(O)c1)C1CCCNC1. The van der Waals surface area contributed by atoms with Crippen LogP contribution in [0.5, 0.6) is 5.75 Å². The second-order valence-electron chi connectivity index (χ2n) is 5.09. The molecule has 1 aromatic carbocycles. The number of nitrogens with one attached hydrogen (secondary N) is 1. The summed E-state index contributed by atoms with van der Waals surface area (Å²) in [4.78, 5) is 14.4. The number of rotatable bonds is 3. The van der Waals surface area contributed by atoms with Crippen LogP contribution in [0.2, 0.25) is 0 Å². The maximum atomic E-state index is 12.5. The number of carbonyl (C=O) groups is 1. The molecule has 1 aliphatic rings. The van der Waals surface area contributed by atoms with Crippen molar-refractivity contribution in [1.29, 1.82) is 0 Å². The fourth-order valence-corrected chi connectivity index (χ4v) is 2.58. The van der Waals surface area contributed by atoms with Crippen molar-refractivity contribution < 1.29 is 9.90 Å². The minimum Gasteiger partial charge on any atom is -0.508 e. The van der Waals surface area contributed by atoms with Crippen LogP contribution in [0.1, 0.15) is 35.7 Å². The van der Waals surface area contributed by atoms with Gasteiger partial charge in [0.2, 0.25) is 0 Å². The van der Waals surface area contributed by atoms with Gasteiger partial charge >= 0.3 is 0 Å². The molecule has 2 rings (SSSR count). The second kappa shape index (κ2) is 6.06. The summed E-state index contributed by atoms with van der Waals surface area (Å²) in [7, 11) is 0. The van der Waals surface area contributed by atoms with Crippen molar-refractivity contribution >= 4 is 5.91 Å². The van der Waals surface area contributed by atoms with E-state index in [1.165, 1.54) is 0 Å². The van der Waals surface area contributed by atoms with E-state index in [9.17, 15) is 9.90 Å². The van der Waals surface area contributed by atoms with Crippen LogP contribution < -0.4 is 5.32 Å². The fourth-order valence-electron chi connectivity index (χ4n) is 2.58. The molecular weight excluding hydrogens is 240 g/mol. The lowest BCUT2D eigenvalue weighted by atomic mass is 10.0. The standard InChI is InChI=1S/C15H22N2O2/c1-3-17(13-5-4-8-16-10-13)15(19)12-7-6-11(2)14(18)9-12/h6-7,9,13,16,18H,3-5,8,10H2,1-2H3. The maximum Gasteiger partial charge on any atom is 0.254 e. The first-order valence-electron chi connectivity index (χ1n) is 6.94. The molecule has 19 heavy (non-hydrogen) atoms. The molecule has 1 fully saturated rings. The number of hydrogen-bond donors (Lipinski definition) is 2. The van der Waals surface area contributed by atoms with Gasteiger partial charge in [0.1, 0.15) is 5.75 Å².